The molecule has 1 atom stereocenters. The molecule has 1 aliphatic rings. The van der Waals surface area contributed by atoms with Crippen molar-refractivity contribution in [2.75, 3.05) is 32.8 Å². The van der Waals surface area contributed by atoms with Gasteiger partial charge in [-0.2, -0.15) is 0 Å². The van der Waals surface area contributed by atoms with Crippen LogP contribution in [0.15, 0.2) is 18.2 Å². The zero-order valence-corrected chi connectivity index (χ0v) is 12.7. The first-order valence-electron chi connectivity index (χ1n) is 7.33. The van der Waals surface area contributed by atoms with Crippen LogP contribution in [0.2, 0.25) is 0 Å². The summed E-state index contributed by atoms with van der Waals surface area (Å²) in [4.78, 5) is 13.0. The number of morpholine rings is 1. The Kier molecular flexibility index (Phi) is 5.59. The highest BCUT2D eigenvalue weighted by molar-refractivity contribution is 5.72. The first kappa shape index (κ1) is 15.8. The molecule has 2 rings (SSSR count). The predicted octanol–water partition coefficient (Wildman–Crippen LogP) is 1.86. The standard InChI is InChI=1S/C16H23NO4/c1-12-4-5-14(10-13(12)2)20-8-3-6-17-7-9-21-15(11-17)16(18)19/h4-5,10,15H,3,6-9,11H2,1-2H3,(H,18,19). The summed E-state index contributed by atoms with van der Waals surface area (Å²) in [6.07, 6.45) is 0.179. The van der Waals surface area contributed by atoms with Gasteiger partial charge in [0.25, 0.3) is 0 Å². The van der Waals surface area contributed by atoms with Gasteiger partial charge in [-0.25, -0.2) is 4.79 Å². The molecule has 1 saturated heterocycles. The molecule has 1 N–H and O–H groups in total. The van der Waals surface area contributed by atoms with Gasteiger partial charge in [0.2, 0.25) is 0 Å². The van der Waals surface area contributed by atoms with Crippen molar-refractivity contribution in [3.8, 4) is 5.75 Å². The number of hydrogen-bond donors (Lipinski definition) is 1. The Labute approximate surface area is 125 Å². The zero-order chi connectivity index (χ0) is 15.2. The van der Waals surface area contributed by atoms with Crippen LogP contribution < -0.4 is 4.74 Å². The zero-order valence-electron chi connectivity index (χ0n) is 12.7. The molecular formula is C16H23NO4. The lowest BCUT2D eigenvalue weighted by molar-refractivity contribution is -0.156. The van der Waals surface area contributed by atoms with Gasteiger partial charge in [-0.15, -0.1) is 0 Å². The number of ether oxygens (including phenoxy) is 2. The van der Waals surface area contributed by atoms with Crippen LogP contribution in [-0.4, -0.2) is 54.9 Å². The molecular weight excluding hydrogens is 270 g/mol. The Hall–Kier alpha value is -1.59. The van der Waals surface area contributed by atoms with E-state index in [0.717, 1.165) is 25.3 Å². The summed E-state index contributed by atoms with van der Waals surface area (Å²) in [7, 11) is 0. The van der Waals surface area contributed by atoms with Crippen molar-refractivity contribution in [2.24, 2.45) is 0 Å². The Morgan fingerprint density at radius 3 is 2.95 bits per heavy atom. The number of carboxylic acid groups (broad SMARTS) is 1. The SMILES string of the molecule is Cc1ccc(OCCCN2CCOC(C(=O)O)C2)cc1C. The summed E-state index contributed by atoms with van der Waals surface area (Å²) in [6.45, 7) is 7.34. The van der Waals surface area contributed by atoms with Gasteiger partial charge in [0.1, 0.15) is 5.75 Å². The van der Waals surface area contributed by atoms with Crippen molar-refractivity contribution in [2.45, 2.75) is 26.4 Å². The molecule has 0 amide bonds. The maximum absolute atomic E-state index is 10.9. The number of hydrogen-bond acceptors (Lipinski definition) is 4. The van der Waals surface area contributed by atoms with E-state index >= 15 is 0 Å². The minimum Gasteiger partial charge on any atom is -0.494 e. The van der Waals surface area contributed by atoms with Gasteiger partial charge < -0.3 is 14.6 Å². The summed E-state index contributed by atoms with van der Waals surface area (Å²) < 4.78 is 10.9. The van der Waals surface area contributed by atoms with E-state index in [-0.39, 0.29) is 0 Å². The molecule has 1 fully saturated rings. The molecule has 1 unspecified atom stereocenters. The molecule has 0 radical (unpaired) electrons. The number of rotatable bonds is 6. The maximum atomic E-state index is 10.9. The second-order valence-corrected chi connectivity index (χ2v) is 5.45. The molecule has 0 spiro atoms. The maximum Gasteiger partial charge on any atom is 0.334 e. The lowest BCUT2D eigenvalue weighted by Gasteiger charge is -2.30. The van der Waals surface area contributed by atoms with Gasteiger partial charge in [-0.05, 0) is 43.5 Å². The minimum atomic E-state index is -0.883. The van der Waals surface area contributed by atoms with Crippen LogP contribution in [-0.2, 0) is 9.53 Å². The van der Waals surface area contributed by atoms with Crippen molar-refractivity contribution >= 4 is 5.97 Å². The third-order valence-electron chi connectivity index (χ3n) is 3.79. The summed E-state index contributed by atoms with van der Waals surface area (Å²) in [5.74, 6) is 0.00886. The Bertz CT molecular complexity index is 489. The molecule has 0 saturated carbocycles. The topological polar surface area (TPSA) is 59.0 Å². The highest BCUT2D eigenvalue weighted by Crippen LogP contribution is 2.16. The van der Waals surface area contributed by atoms with Crippen molar-refractivity contribution in [3.05, 3.63) is 29.3 Å². The highest BCUT2D eigenvalue weighted by Gasteiger charge is 2.25. The fourth-order valence-electron chi connectivity index (χ4n) is 2.34. The van der Waals surface area contributed by atoms with E-state index in [1.807, 2.05) is 12.1 Å². The van der Waals surface area contributed by atoms with Gasteiger partial charge >= 0.3 is 5.97 Å². The quantitative estimate of drug-likeness (QED) is 0.811. The summed E-state index contributed by atoms with van der Waals surface area (Å²) in [5.41, 5.74) is 2.49. The number of carboxylic acids is 1. The average molecular weight is 293 g/mol. The van der Waals surface area contributed by atoms with E-state index < -0.39 is 12.1 Å². The number of aryl methyl sites for hydroxylation is 2. The Morgan fingerprint density at radius 2 is 2.24 bits per heavy atom. The Morgan fingerprint density at radius 1 is 1.43 bits per heavy atom. The fourth-order valence-corrected chi connectivity index (χ4v) is 2.34. The largest absolute Gasteiger partial charge is 0.494 e. The van der Waals surface area contributed by atoms with E-state index in [1.165, 1.54) is 11.1 Å². The van der Waals surface area contributed by atoms with Gasteiger partial charge in [-0.3, -0.25) is 4.90 Å². The summed E-state index contributed by atoms with van der Waals surface area (Å²) in [6, 6.07) is 6.09. The lowest BCUT2D eigenvalue weighted by atomic mass is 10.1. The summed E-state index contributed by atoms with van der Waals surface area (Å²) in [5, 5.41) is 8.95. The second kappa shape index (κ2) is 7.43. The third kappa shape index (κ3) is 4.72. The first-order chi connectivity index (χ1) is 10.1. The first-order valence-corrected chi connectivity index (χ1v) is 7.33. The lowest BCUT2D eigenvalue weighted by Crippen LogP contribution is -2.46. The van der Waals surface area contributed by atoms with E-state index in [0.29, 0.717) is 19.8 Å². The van der Waals surface area contributed by atoms with Crippen LogP contribution in [0.25, 0.3) is 0 Å². The van der Waals surface area contributed by atoms with Crippen LogP contribution >= 0.6 is 0 Å². The molecule has 1 aromatic carbocycles. The van der Waals surface area contributed by atoms with Crippen LogP contribution in [0.3, 0.4) is 0 Å². The monoisotopic (exact) mass is 293 g/mol. The van der Waals surface area contributed by atoms with Gasteiger partial charge in [-0.1, -0.05) is 6.07 Å². The number of benzene rings is 1. The average Bonchev–Trinajstić information content (AvgIpc) is 2.47. The Balaban J connectivity index is 1.69. The normalized spacial score (nSPS) is 19.4. The number of carbonyl (C=O) groups is 1. The molecule has 0 bridgehead atoms. The number of nitrogens with zero attached hydrogens (tertiary/aromatic N) is 1. The van der Waals surface area contributed by atoms with E-state index in [4.69, 9.17) is 14.6 Å². The third-order valence-corrected chi connectivity index (χ3v) is 3.79. The van der Waals surface area contributed by atoms with E-state index in [9.17, 15) is 4.79 Å². The molecule has 1 aliphatic heterocycles. The van der Waals surface area contributed by atoms with Crippen LogP contribution in [0.4, 0.5) is 0 Å². The molecule has 5 nitrogen and oxygen atoms in total. The fraction of sp³-hybridized carbons (Fsp3) is 0.562. The van der Waals surface area contributed by atoms with Crippen LogP contribution in [0, 0.1) is 13.8 Å². The van der Waals surface area contributed by atoms with Gasteiger partial charge in [0.15, 0.2) is 6.10 Å². The molecule has 1 heterocycles. The van der Waals surface area contributed by atoms with Crippen LogP contribution in [0.5, 0.6) is 5.75 Å². The predicted molar refractivity (Wildman–Crippen MR) is 79.8 cm³/mol. The van der Waals surface area contributed by atoms with Gasteiger partial charge in [0.05, 0.1) is 13.2 Å². The second-order valence-electron chi connectivity index (χ2n) is 5.45. The van der Waals surface area contributed by atoms with Crippen molar-refractivity contribution in [3.63, 3.8) is 0 Å². The van der Waals surface area contributed by atoms with Gasteiger partial charge in [0, 0.05) is 19.6 Å². The van der Waals surface area contributed by atoms with Crippen molar-refractivity contribution in [1.82, 2.24) is 4.90 Å². The summed E-state index contributed by atoms with van der Waals surface area (Å²) >= 11 is 0. The molecule has 5 heteroatoms. The molecule has 0 aromatic heterocycles. The van der Waals surface area contributed by atoms with E-state index in [1.54, 1.807) is 0 Å². The number of aliphatic carboxylic acids is 1. The van der Waals surface area contributed by atoms with Crippen molar-refractivity contribution in [1.29, 1.82) is 0 Å². The van der Waals surface area contributed by atoms with E-state index in [2.05, 4.69) is 24.8 Å². The molecule has 21 heavy (non-hydrogen) atoms. The smallest absolute Gasteiger partial charge is 0.334 e. The highest BCUT2D eigenvalue weighted by atomic mass is 16.5. The van der Waals surface area contributed by atoms with Crippen molar-refractivity contribution < 1.29 is 19.4 Å². The van der Waals surface area contributed by atoms with Crippen LogP contribution in [0.1, 0.15) is 17.5 Å². The molecule has 116 valence electrons. The molecule has 1 aromatic rings. The molecule has 0 aliphatic carbocycles. The minimum absolute atomic E-state index is 0.457.